The third kappa shape index (κ3) is 5.01. The van der Waals surface area contributed by atoms with E-state index in [-0.39, 0.29) is 34.6 Å². The number of aromatic nitrogens is 2. The summed E-state index contributed by atoms with van der Waals surface area (Å²) in [4.78, 5) is 37.2. The Hall–Kier alpha value is -3.26. The third-order valence-electron chi connectivity index (χ3n) is 4.62. The van der Waals surface area contributed by atoms with Crippen molar-refractivity contribution in [1.29, 1.82) is 0 Å². The van der Waals surface area contributed by atoms with Crippen LogP contribution in [0.25, 0.3) is 5.69 Å². The molecule has 8 heteroatoms. The smallest absolute Gasteiger partial charge is 0.295 e. The number of para-hydroxylation sites is 1. The Morgan fingerprint density at radius 1 is 0.900 bits per heavy atom. The zero-order chi connectivity index (χ0) is 21.7. The maximum absolute atomic E-state index is 12.8. The molecule has 3 aromatic rings. The maximum atomic E-state index is 12.8. The van der Waals surface area contributed by atoms with E-state index in [9.17, 15) is 14.4 Å². The summed E-state index contributed by atoms with van der Waals surface area (Å²) in [5.74, 6) is -0.294. The highest BCUT2D eigenvalue weighted by Gasteiger charge is 2.18. The normalized spacial score (nSPS) is 10.6. The van der Waals surface area contributed by atoms with Crippen molar-refractivity contribution in [3.63, 3.8) is 0 Å². The van der Waals surface area contributed by atoms with Crippen LogP contribution in [0, 0.1) is 13.8 Å². The summed E-state index contributed by atoms with van der Waals surface area (Å²) >= 11 is 1.19. The third-order valence-corrected chi connectivity index (χ3v) is 5.55. The predicted octanol–water partition coefficient (Wildman–Crippen LogP) is 3.10. The highest BCUT2D eigenvalue weighted by molar-refractivity contribution is 8.00. The number of anilines is 2. The van der Waals surface area contributed by atoms with Gasteiger partial charge in [-0.2, -0.15) is 0 Å². The molecule has 2 aromatic carbocycles. The van der Waals surface area contributed by atoms with Crippen LogP contribution in [0.5, 0.6) is 0 Å². The molecule has 7 nitrogen and oxygen atoms in total. The average molecular weight is 425 g/mol. The molecule has 0 bridgehead atoms. The number of rotatable bonds is 7. The number of nitrogens with one attached hydrogen (secondary N) is 2. The Morgan fingerprint density at radius 3 is 2.13 bits per heavy atom. The van der Waals surface area contributed by atoms with Crippen molar-refractivity contribution >= 4 is 35.0 Å². The number of hydrogen-bond acceptors (Lipinski definition) is 4. The fraction of sp³-hybridized carbons (Fsp3) is 0.227. The van der Waals surface area contributed by atoms with E-state index in [0.29, 0.717) is 5.69 Å². The van der Waals surface area contributed by atoms with E-state index in [1.54, 1.807) is 18.7 Å². The van der Waals surface area contributed by atoms with Crippen LogP contribution in [-0.4, -0.2) is 32.7 Å². The van der Waals surface area contributed by atoms with Gasteiger partial charge in [0.2, 0.25) is 11.8 Å². The van der Waals surface area contributed by atoms with Crippen LogP contribution in [0.3, 0.4) is 0 Å². The summed E-state index contributed by atoms with van der Waals surface area (Å²) in [6.45, 7) is 3.75. The topological polar surface area (TPSA) is 85.1 Å². The first-order valence-corrected chi connectivity index (χ1v) is 10.6. The molecule has 0 fully saturated rings. The summed E-state index contributed by atoms with van der Waals surface area (Å²) in [7, 11) is 1.77. The predicted molar refractivity (Wildman–Crippen MR) is 122 cm³/mol. The second-order valence-corrected chi connectivity index (χ2v) is 7.88. The zero-order valence-electron chi connectivity index (χ0n) is 17.1. The van der Waals surface area contributed by atoms with Crippen LogP contribution in [0.1, 0.15) is 11.3 Å². The first-order chi connectivity index (χ1) is 14.4. The molecule has 0 aliphatic heterocycles. The summed E-state index contributed by atoms with van der Waals surface area (Å²) < 4.78 is 3.21. The Balaban J connectivity index is 1.57. The van der Waals surface area contributed by atoms with E-state index >= 15 is 0 Å². The van der Waals surface area contributed by atoms with Crippen molar-refractivity contribution < 1.29 is 9.59 Å². The standard InChI is InChI=1S/C22H24N4O3S/c1-15-9-11-17(12-10-15)23-19(27)13-30-14-20(28)24-21-16(2)25(3)26(22(21)29)18-7-5-4-6-8-18/h4-12H,13-14H2,1-3H3,(H,23,27)(H,24,28). The Bertz CT molecular complexity index is 1100. The van der Waals surface area contributed by atoms with E-state index in [0.717, 1.165) is 16.9 Å². The van der Waals surface area contributed by atoms with Crippen LogP contribution in [0.15, 0.2) is 59.4 Å². The molecule has 0 spiro atoms. The van der Waals surface area contributed by atoms with Crippen molar-refractivity contribution in [2.75, 3.05) is 22.1 Å². The molecule has 0 aliphatic carbocycles. The maximum Gasteiger partial charge on any atom is 0.295 e. The Labute approximate surface area is 179 Å². The molecule has 2 amide bonds. The Morgan fingerprint density at radius 2 is 1.50 bits per heavy atom. The zero-order valence-corrected chi connectivity index (χ0v) is 18.0. The van der Waals surface area contributed by atoms with Crippen LogP contribution in [0.4, 0.5) is 11.4 Å². The molecule has 2 N–H and O–H groups in total. The lowest BCUT2D eigenvalue weighted by atomic mass is 10.2. The van der Waals surface area contributed by atoms with Gasteiger partial charge in [0.1, 0.15) is 5.69 Å². The second-order valence-electron chi connectivity index (χ2n) is 6.89. The van der Waals surface area contributed by atoms with Crippen molar-refractivity contribution in [3.8, 4) is 5.69 Å². The molecule has 0 radical (unpaired) electrons. The van der Waals surface area contributed by atoms with E-state index < -0.39 is 0 Å². The number of hydrogen-bond donors (Lipinski definition) is 2. The molecule has 156 valence electrons. The van der Waals surface area contributed by atoms with E-state index in [1.807, 2.05) is 61.5 Å². The van der Waals surface area contributed by atoms with Crippen LogP contribution in [0.2, 0.25) is 0 Å². The molecule has 1 aromatic heterocycles. The van der Waals surface area contributed by atoms with Gasteiger partial charge >= 0.3 is 0 Å². The SMILES string of the molecule is Cc1ccc(NC(=O)CSCC(=O)Nc2c(C)n(C)n(-c3ccccc3)c2=O)cc1. The summed E-state index contributed by atoms with van der Waals surface area (Å²) in [5, 5.41) is 5.49. The van der Waals surface area contributed by atoms with Crippen molar-refractivity contribution in [3.05, 3.63) is 76.2 Å². The minimum absolute atomic E-state index is 0.0699. The van der Waals surface area contributed by atoms with Gasteiger partial charge < -0.3 is 10.6 Å². The largest absolute Gasteiger partial charge is 0.325 e. The number of carbonyl (C=O) groups excluding carboxylic acids is 2. The van der Waals surface area contributed by atoms with Gasteiger partial charge in [-0.15, -0.1) is 11.8 Å². The lowest BCUT2D eigenvalue weighted by Gasteiger charge is -2.07. The van der Waals surface area contributed by atoms with Gasteiger partial charge in [-0.1, -0.05) is 35.9 Å². The molecular formula is C22H24N4O3S. The summed E-state index contributed by atoms with van der Waals surface area (Å²) in [5.41, 5.74) is 3.15. The van der Waals surface area contributed by atoms with Gasteiger partial charge in [0.25, 0.3) is 5.56 Å². The van der Waals surface area contributed by atoms with E-state index in [1.165, 1.54) is 16.4 Å². The number of nitrogens with zero attached hydrogens (tertiary/aromatic N) is 2. The highest BCUT2D eigenvalue weighted by atomic mass is 32.2. The second kappa shape index (κ2) is 9.49. The minimum Gasteiger partial charge on any atom is -0.325 e. The van der Waals surface area contributed by atoms with Crippen LogP contribution < -0.4 is 16.2 Å². The molecular weight excluding hydrogens is 400 g/mol. The summed E-state index contributed by atoms with van der Waals surface area (Å²) in [6.07, 6.45) is 0. The van der Waals surface area contributed by atoms with Gasteiger partial charge in [-0.25, -0.2) is 4.68 Å². The van der Waals surface area contributed by atoms with E-state index in [2.05, 4.69) is 10.6 Å². The molecule has 0 unspecified atom stereocenters. The fourth-order valence-corrected chi connectivity index (χ4v) is 3.58. The van der Waals surface area contributed by atoms with Gasteiger partial charge in [0.15, 0.2) is 0 Å². The number of benzene rings is 2. The molecule has 0 saturated heterocycles. The van der Waals surface area contributed by atoms with Crippen LogP contribution in [-0.2, 0) is 16.6 Å². The monoisotopic (exact) mass is 424 g/mol. The number of amides is 2. The molecule has 3 rings (SSSR count). The molecule has 0 saturated carbocycles. The van der Waals surface area contributed by atoms with Gasteiger partial charge in [0, 0.05) is 12.7 Å². The lowest BCUT2D eigenvalue weighted by molar-refractivity contribution is -0.114. The lowest BCUT2D eigenvalue weighted by Crippen LogP contribution is -2.24. The molecule has 0 atom stereocenters. The molecule has 1 heterocycles. The van der Waals surface area contributed by atoms with E-state index in [4.69, 9.17) is 0 Å². The number of carbonyl (C=O) groups is 2. The summed E-state index contributed by atoms with van der Waals surface area (Å²) in [6, 6.07) is 16.7. The number of thioether (sulfide) groups is 1. The number of aryl methyl sites for hydroxylation is 1. The quantitative estimate of drug-likeness (QED) is 0.610. The average Bonchev–Trinajstić information content (AvgIpc) is 2.93. The van der Waals surface area contributed by atoms with Gasteiger partial charge in [0.05, 0.1) is 22.9 Å². The Kier molecular flexibility index (Phi) is 6.79. The molecule has 0 aliphatic rings. The highest BCUT2D eigenvalue weighted by Crippen LogP contribution is 2.15. The molecule has 30 heavy (non-hydrogen) atoms. The van der Waals surface area contributed by atoms with Gasteiger partial charge in [-0.3, -0.25) is 19.1 Å². The van der Waals surface area contributed by atoms with Gasteiger partial charge in [-0.05, 0) is 38.1 Å². The van der Waals surface area contributed by atoms with Crippen LogP contribution >= 0.6 is 11.8 Å². The first-order valence-electron chi connectivity index (χ1n) is 9.45. The van der Waals surface area contributed by atoms with Crippen molar-refractivity contribution in [2.45, 2.75) is 13.8 Å². The van der Waals surface area contributed by atoms with Crippen molar-refractivity contribution in [1.82, 2.24) is 9.36 Å². The minimum atomic E-state index is -0.325. The fourth-order valence-electron chi connectivity index (χ4n) is 2.96. The first kappa shape index (κ1) is 21.4. The van der Waals surface area contributed by atoms with Crippen molar-refractivity contribution in [2.24, 2.45) is 7.05 Å².